The van der Waals surface area contributed by atoms with Crippen molar-refractivity contribution in [2.24, 2.45) is 5.92 Å². The minimum absolute atomic E-state index is 0.0624. The van der Waals surface area contributed by atoms with Gasteiger partial charge in [-0.2, -0.15) is 0 Å². The molecule has 0 aromatic heterocycles. The van der Waals surface area contributed by atoms with E-state index in [4.69, 9.17) is 9.47 Å². The molecule has 5 heteroatoms. The molecule has 0 aliphatic carbocycles. The molecule has 2 atom stereocenters. The monoisotopic (exact) mass is 502 g/mol. The summed E-state index contributed by atoms with van der Waals surface area (Å²) in [6.45, 7) is 6.37. The Labute approximate surface area is 219 Å². The van der Waals surface area contributed by atoms with Crippen LogP contribution in [-0.2, 0) is 19.1 Å². The fourth-order valence-corrected chi connectivity index (χ4v) is 4.47. The molecule has 0 N–H and O–H groups in total. The highest BCUT2D eigenvalue weighted by molar-refractivity contribution is 5.99. The lowest BCUT2D eigenvalue weighted by atomic mass is 9.92. The molecule has 1 rings (SSSR count). The molecular weight excluding hydrogens is 452 g/mol. The molecular formula is C31H50O5. The molecule has 0 heterocycles. The summed E-state index contributed by atoms with van der Waals surface area (Å²) in [4.78, 5) is 38.5. The second-order valence-corrected chi connectivity index (χ2v) is 9.83. The van der Waals surface area contributed by atoms with Crippen molar-refractivity contribution in [3.8, 4) is 0 Å². The number of unbranched alkanes of at least 4 members (excludes halogenated alkanes) is 11. The quantitative estimate of drug-likeness (QED) is 0.0907. The van der Waals surface area contributed by atoms with E-state index < -0.39 is 24.0 Å². The smallest absolute Gasteiger partial charge is 0.338 e. The predicted molar refractivity (Wildman–Crippen MR) is 146 cm³/mol. The number of benzene rings is 1. The highest BCUT2D eigenvalue weighted by Crippen LogP contribution is 2.21. The Balaban J connectivity index is 2.70. The van der Waals surface area contributed by atoms with E-state index in [0.29, 0.717) is 18.4 Å². The third-order valence-corrected chi connectivity index (χ3v) is 6.65. The molecule has 1 unspecified atom stereocenters. The molecule has 1 aromatic carbocycles. The van der Waals surface area contributed by atoms with Crippen LogP contribution >= 0.6 is 0 Å². The van der Waals surface area contributed by atoms with E-state index >= 15 is 0 Å². The number of Topliss-reactive ketones (excluding diaryl/α,β-unsaturated/α-hetero) is 1. The van der Waals surface area contributed by atoms with Gasteiger partial charge in [-0.1, -0.05) is 109 Å². The first-order valence-electron chi connectivity index (χ1n) is 14.5. The summed E-state index contributed by atoms with van der Waals surface area (Å²) < 4.78 is 11.0. The van der Waals surface area contributed by atoms with E-state index in [1.54, 1.807) is 31.2 Å². The van der Waals surface area contributed by atoms with Gasteiger partial charge in [0.15, 0.2) is 5.78 Å². The van der Waals surface area contributed by atoms with Crippen LogP contribution in [0, 0.1) is 5.92 Å². The van der Waals surface area contributed by atoms with Crippen molar-refractivity contribution in [2.75, 3.05) is 6.61 Å². The Morgan fingerprint density at radius 1 is 0.694 bits per heavy atom. The number of hydrogen-bond acceptors (Lipinski definition) is 5. The van der Waals surface area contributed by atoms with Crippen molar-refractivity contribution in [3.05, 3.63) is 35.9 Å². The molecule has 0 saturated carbocycles. The van der Waals surface area contributed by atoms with Gasteiger partial charge in [-0.3, -0.25) is 9.59 Å². The third-order valence-electron chi connectivity index (χ3n) is 6.65. The van der Waals surface area contributed by atoms with Crippen LogP contribution in [0.4, 0.5) is 0 Å². The van der Waals surface area contributed by atoms with E-state index in [1.807, 2.05) is 6.07 Å². The Hall–Kier alpha value is -2.17. The zero-order chi connectivity index (χ0) is 26.4. The molecule has 5 nitrogen and oxygen atoms in total. The summed E-state index contributed by atoms with van der Waals surface area (Å²) in [6.07, 6.45) is 15.4. The summed E-state index contributed by atoms with van der Waals surface area (Å²) in [5.74, 6) is -1.82. The molecule has 0 aliphatic heterocycles. The highest BCUT2D eigenvalue weighted by Gasteiger charge is 2.30. The third kappa shape index (κ3) is 14.4. The number of esters is 2. The van der Waals surface area contributed by atoms with Crippen LogP contribution in [0.15, 0.2) is 30.3 Å². The maximum absolute atomic E-state index is 13.2. The second kappa shape index (κ2) is 21.0. The van der Waals surface area contributed by atoms with Gasteiger partial charge in [-0.15, -0.1) is 0 Å². The lowest BCUT2D eigenvalue weighted by molar-refractivity contribution is -0.152. The maximum Gasteiger partial charge on any atom is 0.338 e. The van der Waals surface area contributed by atoms with Gasteiger partial charge < -0.3 is 9.47 Å². The Morgan fingerprint density at radius 2 is 1.22 bits per heavy atom. The summed E-state index contributed by atoms with van der Waals surface area (Å²) in [5.41, 5.74) is 0.475. The molecule has 0 aliphatic rings. The molecule has 204 valence electrons. The van der Waals surface area contributed by atoms with Crippen molar-refractivity contribution < 1.29 is 23.9 Å². The lowest BCUT2D eigenvalue weighted by Crippen LogP contribution is -2.31. The van der Waals surface area contributed by atoms with Gasteiger partial charge in [-0.05, 0) is 38.3 Å². The minimum Gasteiger partial charge on any atom is -0.465 e. The minimum atomic E-state index is -0.775. The Bertz CT molecular complexity index is 715. The van der Waals surface area contributed by atoms with Crippen LogP contribution in [-0.4, -0.2) is 30.4 Å². The van der Waals surface area contributed by atoms with Crippen molar-refractivity contribution in [1.29, 1.82) is 0 Å². The molecule has 0 saturated heterocycles. The number of carbonyl (C=O) groups excluding carboxylic acids is 3. The second-order valence-electron chi connectivity index (χ2n) is 9.83. The van der Waals surface area contributed by atoms with Crippen molar-refractivity contribution in [3.63, 3.8) is 0 Å². The summed E-state index contributed by atoms with van der Waals surface area (Å²) in [5, 5.41) is 0. The Kier molecular flexibility index (Phi) is 18.6. The zero-order valence-electron chi connectivity index (χ0n) is 23.1. The predicted octanol–water partition coefficient (Wildman–Crippen LogP) is 8.24. The van der Waals surface area contributed by atoms with Gasteiger partial charge in [0.1, 0.15) is 12.0 Å². The SMILES string of the molecule is CCCCCCCCCCC[C@H](CC(=O)C(CCCCCC)C(=O)OCC)OC(=O)c1ccccc1. The van der Waals surface area contributed by atoms with Crippen LogP contribution < -0.4 is 0 Å². The fraction of sp³-hybridized carbons (Fsp3) is 0.710. The molecule has 0 radical (unpaired) electrons. The molecule has 0 spiro atoms. The first kappa shape index (κ1) is 31.9. The summed E-state index contributed by atoms with van der Waals surface area (Å²) in [7, 11) is 0. The fourth-order valence-electron chi connectivity index (χ4n) is 4.47. The van der Waals surface area contributed by atoms with E-state index in [9.17, 15) is 14.4 Å². The van der Waals surface area contributed by atoms with E-state index in [1.165, 1.54) is 38.5 Å². The van der Waals surface area contributed by atoms with Crippen molar-refractivity contribution in [2.45, 2.75) is 130 Å². The largest absolute Gasteiger partial charge is 0.465 e. The molecule has 0 bridgehead atoms. The standard InChI is InChI=1S/C31H50O5/c1-4-7-9-11-12-13-14-15-19-23-27(36-30(33)26-21-17-16-18-22-26)25-29(32)28(31(34)35-6-3)24-20-10-8-5-2/h16-18,21-22,27-28H,4-15,19-20,23-25H2,1-3H3/t27-,28?/m1/s1. The van der Waals surface area contributed by atoms with Gasteiger partial charge in [0.25, 0.3) is 0 Å². The van der Waals surface area contributed by atoms with Crippen LogP contribution in [0.3, 0.4) is 0 Å². The number of hydrogen-bond donors (Lipinski definition) is 0. The maximum atomic E-state index is 13.2. The number of rotatable bonds is 22. The van der Waals surface area contributed by atoms with Crippen molar-refractivity contribution in [1.82, 2.24) is 0 Å². The van der Waals surface area contributed by atoms with Gasteiger partial charge in [0.05, 0.1) is 12.2 Å². The molecule has 0 fully saturated rings. The molecule has 36 heavy (non-hydrogen) atoms. The summed E-state index contributed by atoms with van der Waals surface area (Å²) >= 11 is 0. The normalized spacial score (nSPS) is 12.6. The van der Waals surface area contributed by atoms with Crippen LogP contribution in [0.5, 0.6) is 0 Å². The van der Waals surface area contributed by atoms with Crippen LogP contribution in [0.1, 0.15) is 134 Å². The van der Waals surface area contributed by atoms with Gasteiger partial charge >= 0.3 is 11.9 Å². The number of carbonyl (C=O) groups is 3. The topological polar surface area (TPSA) is 69.7 Å². The van der Waals surface area contributed by atoms with Crippen molar-refractivity contribution >= 4 is 17.7 Å². The van der Waals surface area contributed by atoms with Gasteiger partial charge in [0.2, 0.25) is 0 Å². The number of ether oxygens (including phenoxy) is 2. The summed E-state index contributed by atoms with van der Waals surface area (Å²) in [6, 6.07) is 8.88. The first-order chi connectivity index (χ1) is 17.5. The zero-order valence-corrected chi connectivity index (χ0v) is 23.1. The average molecular weight is 503 g/mol. The van der Waals surface area contributed by atoms with Crippen LogP contribution in [0.25, 0.3) is 0 Å². The lowest BCUT2D eigenvalue weighted by Gasteiger charge is -2.20. The molecule has 0 amide bonds. The van der Waals surface area contributed by atoms with E-state index in [0.717, 1.165) is 44.9 Å². The number of ketones is 1. The molecule has 1 aromatic rings. The first-order valence-corrected chi connectivity index (χ1v) is 14.5. The highest BCUT2D eigenvalue weighted by atomic mass is 16.5. The Morgan fingerprint density at radius 3 is 1.81 bits per heavy atom. The van der Waals surface area contributed by atoms with E-state index in [-0.39, 0.29) is 18.8 Å². The van der Waals surface area contributed by atoms with Gasteiger partial charge in [-0.25, -0.2) is 4.79 Å². The van der Waals surface area contributed by atoms with E-state index in [2.05, 4.69) is 13.8 Å². The van der Waals surface area contributed by atoms with Crippen LogP contribution in [0.2, 0.25) is 0 Å². The average Bonchev–Trinajstić information content (AvgIpc) is 2.88. The van der Waals surface area contributed by atoms with Gasteiger partial charge in [0, 0.05) is 6.42 Å².